The Kier molecular flexibility index (Phi) is 3.07. The molecule has 0 aliphatic carbocycles. The summed E-state index contributed by atoms with van der Waals surface area (Å²) in [7, 11) is 0. The molecule has 4 nitrogen and oxygen atoms in total. The molecule has 16 heavy (non-hydrogen) atoms. The molecule has 0 spiro atoms. The highest BCUT2D eigenvalue weighted by Crippen LogP contribution is 2.26. The predicted molar refractivity (Wildman–Crippen MR) is 62.5 cm³/mol. The quantitative estimate of drug-likeness (QED) is 0.710. The Bertz CT molecular complexity index is 471. The average molecular weight is 236 g/mol. The smallest absolute Gasteiger partial charge is 0.157 e. The van der Waals surface area contributed by atoms with Crippen molar-refractivity contribution in [1.82, 2.24) is 4.98 Å². The van der Waals surface area contributed by atoms with E-state index in [2.05, 4.69) is 4.98 Å². The molecule has 0 fully saturated rings. The highest BCUT2D eigenvalue weighted by Gasteiger charge is 2.10. The van der Waals surface area contributed by atoms with Crippen molar-refractivity contribution in [1.29, 1.82) is 0 Å². The molecule has 0 aliphatic heterocycles. The number of phenolic OH excluding ortho intramolecular Hbond substituents is 2. The Hall–Kier alpha value is -1.59. The summed E-state index contributed by atoms with van der Waals surface area (Å²) in [6.45, 7) is 0. The second-order valence-corrected chi connectivity index (χ2v) is 4.27. The Morgan fingerprint density at radius 3 is 2.75 bits per heavy atom. The van der Waals surface area contributed by atoms with E-state index in [4.69, 9.17) is 10.8 Å². The summed E-state index contributed by atoms with van der Waals surface area (Å²) in [5, 5.41) is 20.4. The fraction of sp³-hybridized carbons (Fsp3) is 0.182. The van der Waals surface area contributed by atoms with Crippen LogP contribution in [-0.4, -0.2) is 15.2 Å². The van der Waals surface area contributed by atoms with E-state index in [0.29, 0.717) is 6.42 Å². The first-order valence-electron chi connectivity index (χ1n) is 4.81. The Labute approximate surface area is 97.0 Å². The number of phenols is 2. The van der Waals surface area contributed by atoms with Gasteiger partial charge in [0.2, 0.25) is 0 Å². The number of hydrogen-bond acceptors (Lipinski definition) is 5. The van der Waals surface area contributed by atoms with Crippen LogP contribution >= 0.6 is 11.3 Å². The first-order chi connectivity index (χ1) is 7.66. The van der Waals surface area contributed by atoms with E-state index in [1.165, 1.54) is 23.5 Å². The van der Waals surface area contributed by atoms with Crippen molar-refractivity contribution >= 4 is 11.3 Å². The van der Waals surface area contributed by atoms with Gasteiger partial charge in [0.1, 0.15) is 0 Å². The second-order valence-electron chi connectivity index (χ2n) is 3.55. The molecular formula is C11H12N2O2S. The van der Waals surface area contributed by atoms with Crippen LogP contribution < -0.4 is 5.73 Å². The van der Waals surface area contributed by atoms with Crippen molar-refractivity contribution in [3.8, 4) is 11.5 Å². The largest absolute Gasteiger partial charge is 0.504 e. The zero-order valence-corrected chi connectivity index (χ0v) is 9.31. The monoisotopic (exact) mass is 236 g/mol. The van der Waals surface area contributed by atoms with Gasteiger partial charge in [0.25, 0.3) is 0 Å². The zero-order chi connectivity index (χ0) is 11.5. The van der Waals surface area contributed by atoms with Crippen LogP contribution in [0.15, 0.2) is 29.1 Å². The molecule has 4 N–H and O–H groups in total. The molecule has 0 bridgehead atoms. The average Bonchev–Trinajstić information content (AvgIpc) is 2.77. The summed E-state index contributed by atoms with van der Waals surface area (Å²) in [4.78, 5) is 4.13. The number of thiazole rings is 1. The van der Waals surface area contributed by atoms with Gasteiger partial charge in [0.15, 0.2) is 11.5 Å². The van der Waals surface area contributed by atoms with E-state index >= 15 is 0 Å². The van der Waals surface area contributed by atoms with Crippen molar-refractivity contribution in [3.63, 3.8) is 0 Å². The van der Waals surface area contributed by atoms with Crippen LogP contribution in [0.3, 0.4) is 0 Å². The zero-order valence-electron chi connectivity index (χ0n) is 8.50. The van der Waals surface area contributed by atoms with Crippen molar-refractivity contribution in [2.45, 2.75) is 12.5 Å². The summed E-state index contributed by atoms with van der Waals surface area (Å²) in [5.74, 6) is -0.242. The van der Waals surface area contributed by atoms with E-state index in [-0.39, 0.29) is 17.5 Å². The minimum absolute atomic E-state index is 0.119. The molecule has 1 aromatic carbocycles. The van der Waals surface area contributed by atoms with Gasteiger partial charge in [0, 0.05) is 5.38 Å². The lowest BCUT2D eigenvalue weighted by molar-refractivity contribution is 0.403. The number of nitrogens with two attached hydrogens (primary N) is 1. The normalized spacial score (nSPS) is 12.6. The van der Waals surface area contributed by atoms with Gasteiger partial charge in [0.05, 0.1) is 17.2 Å². The van der Waals surface area contributed by atoms with Crippen LogP contribution in [0.2, 0.25) is 0 Å². The molecule has 1 atom stereocenters. The van der Waals surface area contributed by atoms with E-state index in [0.717, 1.165) is 11.3 Å². The maximum absolute atomic E-state index is 9.34. The van der Waals surface area contributed by atoms with Gasteiger partial charge in [-0.25, -0.2) is 4.98 Å². The third-order valence-electron chi connectivity index (χ3n) is 2.33. The van der Waals surface area contributed by atoms with Gasteiger partial charge in [-0.1, -0.05) is 6.07 Å². The topological polar surface area (TPSA) is 79.4 Å². The number of nitrogens with zero attached hydrogens (tertiary/aromatic N) is 1. The first-order valence-corrected chi connectivity index (χ1v) is 5.75. The van der Waals surface area contributed by atoms with Crippen molar-refractivity contribution in [2.24, 2.45) is 5.73 Å². The highest BCUT2D eigenvalue weighted by molar-refractivity contribution is 7.07. The Morgan fingerprint density at radius 1 is 1.31 bits per heavy atom. The van der Waals surface area contributed by atoms with Crippen LogP contribution in [0.4, 0.5) is 0 Å². The molecule has 2 aromatic rings. The maximum atomic E-state index is 9.34. The Morgan fingerprint density at radius 2 is 2.12 bits per heavy atom. The maximum Gasteiger partial charge on any atom is 0.157 e. The van der Waals surface area contributed by atoms with Crippen molar-refractivity contribution in [3.05, 3.63) is 40.3 Å². The lowest BCUT2D eigenvalue weighted by atomic mass is 10.0. The molecule has 1 aromatic heterocycles. The molecular weight excluding hydrogens is 224 g/mol. The Balaban J connectivity index is 2.12. The molecule has 2 rings (SSSR count). The summed E-state index contributed by atoms with van der Waals surface area (Å²) < 4.78 is 0. The summed E-state index contributed by atoms with van der Waals surface area (Å²) in [5.41, 5.74) is 9.42. The van der Waals surface area contributed by atoms with E-state index < -0.39 is 0 Å². The lowest BCUT2D eigenvalue weighted by Gasteiger charge is -2.09. The second kappa shape index (κ2) is 4.51. The number of aromatic hydroxyl groups is 2. The SMILES string of the molecule is NC(Cc1ccc(O)c(O)c1)c1cscn1. The van der Waals surface area contributed by atoms with E-state index in [1.807, 2.05) is 5.38 Å². The minimum atomic E-state index is -0.185. The molecule has 0 saturated heterocycles. The minimum Gasteiger partial charge on any atom is -0.504 e. The van der Waals surface area contributed by atoms with Gasteiger partial charge in [-0.05, 0) is 24.1 Å². The number of rotatable bonds is 3. The summed E-state index contributed by atoms with van der Waals surface area (Å²) in [6, 6.07) is 4.52. The first kappa shape index (κ1) is 10.9. The third-order valence-corrected chi connectivity index (χ3v) is 2.93. The summed E-state index contributed by atoms with van der Waals surface area (Å²) in [6.07, 6.45) is 0.581. The summed E-state index contributed by atoms with van der Waals surface area (Å²) >= 11 is 1.50. The molecule has 5 heteroatoms. The van der Waals surface area contributed by atoms with Gasteiger partial charge >= 0.3 is 0 Å². The molecule has 0 radical (unpaired) electrons. The van der Waals surface area contributed by atoms with Gasteiger partial charge in [-0.3, -0.25) is 0 Å². The molecule has 0 amide bonds. The van der Waals surface area contributed by atoms with Crippen LogP contribution in [0.25, 0.3) is 0 Å². The van der Waals surface area contributed by atoms with Crippen LogP contribution in [0.5, 0.6) is 11.5 Å². The van der Waals surface area contributed by atoms with E-state index in [1.54, 1.807) is 11.6 Å². The molecule has 1 unspecified atom stereocenters. The molecule has 84 valence electrons. The predicted octanol–water partition coefficient (Wildman–Crippen LogP) is 1.80. The van der Waals surface area contributed by atoms with Gasteiger partial charge in [-0.2, -0.15) is 0 Å². The molecule has 0 saturated carbocycles. The van der Waals surface area contributed by atoms with Crippen LogP contribution in [-0.2, 0) is 6.42 Å². The van der Waals surface area contributed by atoms with Crippen molar-refractivity contribution < 1.29 is 10.2 Å². The molecule has 0 aliphatic rings. The number of hydrogen-bond donors (Lipinski definition) is 3. The molecule has 1 heterocycles. The van der Waals surface area contributed by atoms with E-state index in [9.17, 15) is 5.11 Å². The lowest BCUT2D eigenvalue weighted by Crippen LogP contribution is -2.13. The van der Waals surface area contributed by atoms with Crippen molar-refractivity contribution in [2.75, 3.05) is 0 Å². The fourth-order valence-electron chi connectivity index (χ4n) is 1.46. The fourth-order valence-corrected chi connectivity index (χ4v) is 2.08. The van der Waals surface area contributed by atoms with Crippen LogP contribution in [0.1, 0.15) is 17.3 Å². The standard InChI is InChI=1S/C11H12N2O2S/c12-8(9-5-16-6-13-9)3-7-1-2-10(14)11(15)4-7/h1-2,4-6,8,14-15H,3,12H2. The third kappa shape index (κ3) is 2.32. The van der Waals surface area contributed by atoms with Gasteiger partial charge in [-0.15, -0.1) is 11.3 Å². The van der Waals surface area contributed by atoms with Crippen LogP contribution in [0, 0.1) is 0 Å². The highest BCUT2D eigenvalue weighted by atomic mass is 32.1. The number of aromatic nitrogens is 1. The number of benzene rings is 1. The van der Waals surface area contributed by atoms with Gasteiger partial charge < -0.3 is 15.9 Å².